The van der Waals surface area contributed by atoms with E-state index in [1.807, 2.05) is 18.0 Å². The number of hydrogen-bond donors (Lipinski definition) is 1. The molecule has 1 heterocycles. The van der Waals surface area contributed by atoms with Crippen molar-refractivity contribution in [2.45, 2.75) is 38.8 Å². The predicted octanol–water partition coefficient (Wildman–Crippen LogP) is 3.73. The van der Waals surface area contributed by atoms with Crippen LogP contribution in [0.25, 0.3) is 0 Å². The summed E-state index contributed by atoms with van der Waals surface area (Å²) in [6.07, 6.45) is 2.00. The minimum Gasteiger partial charge on any atom is -0.312 e. The average molecular weight is 303 g/mol. The molecule has 114 valence electrons. The minimum absolute atomic E-state index is 0.683. The van der Waals surface area contributed by atoms with Crippen LogP contribution in [0, 0.1) is 12.8 Å². The fourth-order valence-corrected chi connectivity index (χ4v) is 3.00. The Balaban J connectivity index is 1.80. The fourth-order valence-electron chi connectivity index (χ4n) is 2.15. The Morgan fingerprint density at radius 3 is 2.71 bits per heavy atom. The molecule has 0 aliphatic rings. The van der Waals surface area contributed by atoms with Crippen molar-refractivity contribution < 1.29 is 0 Å². The number of hydrogen-bond acceptors (Lipinski definition) is 3. The SMILES string of the molecule is Cc1c(CNCC(C)C)cnn1CCSc1ccccc1. The van der Waals surface area contributed by atoms with Gasteiger partial charge in [0.05, 0.1) is 12.7 Å². The molecule has 0 saturated carbocycles. The first-order chi connectivity index (χ1) is 10.2. The molecule has 0 radical (unpaired) electrons. The van der Waals surface area contributed by atoms with Crippen molar-refractivity contribution in [3.63, 3.8) is 0 Å². The molecule has 1 aromatic carbocycles. The molecule has 0 bridgehead atoms. The number of aromatic nitrogens is 2. The van der Waals surface area contributed by atoms with Crippen molar-refractivity contribution in [2.24, 2.45) is 5.92 Å². The second kappa shape index (κ2) is 8.25. The van der Waals surface area contributed by atoms with Crippen LogP contribution < -0.4 is 5.32 Å². The van der Waals surface area contributed by atoms with Gasteiger partial charge in [-0.15, -0.1) is 11.8 Å². The third-order valence-electron chi connectivity index (χ3n) is 3.39. The summed E-state index contributed by atoms with van der Waals surface area (Å²) in [5.74, 6) is 1.73. The summed E-state index contributed by atoms with van der Waals surface area (Å²) in [6, 6.07) is 10.5. The van der Waals surface area contributed by atoms with Crippen LogP contribution in [-0.4, -0.2) is 22.1 Å². The zero-order valence-corrected chi connectivity index (χ0v) is 14.0. The molecule has 2 rings (SSSR count). The molecule has 3 nitrogen and oxygen atoms in total. The van der Waals surface area contributed by atoms with Crippen molar-refractivity contribution >= 4 is 11.8 Å². The zero-order valence-electron chi connectivity index (χ0n) is 13.2. The molecule has 2 aromatic rings. The monoisotopic (exact) mass is 303 g/mol. The van der Waals surface area contributed by atoms with Crippen molar-refractivity contribution in [1.82, 2.24) is 15.1 Å². The van der Waals surface area contributed by atoms with Gasteiger partial charge in [-0.25, -0.2) is 0 Å². The molecule has 4 heteroatoms. The van der Waals surface area contributed by atoms with E-state index < -0.39 is 0 Å². The predicted molar refractivity (Wildman–Crippen MR) is 90.7 cm³/mol. The lowest BCUT2D eigenvalue weighted by Gasteiger charge is -2.08. The van der Waals surface area contributed by atoms with Gasteiger partial charge >= 0.3 is 0 Å². The summed E-state index contributed by atoms with van der Waals surface area (Å²) in [5.41, 5.74) is 2.58. The topological polar surface area (TPSA) is 29.9 Å². The van der Waals surface area contributed by atoms with Gasteiger partial charge < -0.3 is 5.32 Å². The van der Waals surface area contributed by atoms with E-state index in [2.05, 4.69) is 66.2 Å². The second-order valence-electron chi connectivity index (χ2n) is 5.66. The molecule has 1 N–H and O–H groups in total. The highest BCUT2D eigenvalue weighted by Crippen LogP contribution is 2.17. The molecule has 0 unspecified atom stereocenters. The number of aryl methyl sites for hydroxylation is 1. The van der Waals surface area contributed by atoms with Crippen molar-refractivity contribution in [3.05, 3.63) is 47.8 Å². The molecule has 0 fully saturated rings. The van der Waals surface area contributed by atoms with Gasteiger partial charge in [-0.05, 0) is 31.5 Å². The van der Waals surface area contributed by atoms with E-state index in [-0.39, 0.29) is 0 Å². The highest BCUT2D eigenvalue weighted by molar-refractivity contribution is 7.99. The fraction of sp³-hybridized carbons (Fsp3) is 0.471. The lowest BCUT2D eigenvalue weighted by Crippen LogP contribution is -2.19. The molecule has 0 aliphatic carbocycles. The van der Waals surface area contributed by atoms with Crippen LogP contribution in [0.3, 0.4) is 0 Å². The Morgan fingerprint density at radius 2 is 2.00 bits per heavy atom. The van der Waals surface area contributed by atoms with Crippen molar-refractivity contribution in [3.8, 4) is 0 Å². The van der Waals surface area contributed by atoms with Crippen LogP contribution in [0.2, 0.25) is 0 Å². The summed E-state index contributed by atoms with van der Waals surface area (Å²) in [6.45, 7) is 9.53. The summed E-state index contributed by atoms with van der Waals surface area (Å²) in [7, 11) is 0. The Kier molecular flexibility index (Phi) is 6.33. The number of thioether (sulfide) groups is 1. The van der Waals surface area contributed by atoms with Gasteiger partial charge in [0, 0.05) is 28.5 Å². The van der Waals surface area contributed by atoms with Crippen molar-refractivity contribution in [1.29, 1.82) is 0 Å². The first-order valence-corrected chi connectivity index (χ1v) is 8.55. The molecule has 0 spiro atoms. The van der Waals surface area contributed by atoms with Gasteiger partial charge in [0.25, 0.3) is 0 Å². The quantitative estimate of drug-likeness (QED) is 0.754. The van der Waals surface area contributed by atoms with Crippen LogP contribution in [0.4, 0.5) is 0 Å². The van der Waals surface area contributed by atoms with Gasteiger partial charge in [0.1, 0.15) is 0 Å². The molecule has 0 aliphatic heterocycles. The molecule has 21 heavy (non-hydrogen) atoms. The summed E-state index contributed by atoms with van der Waals surface area (Å²) < 4.78 is 2.11. The zero-order chi connectivity index (χ0) is 15.1. The van der Waals surface area contributed by atoms with Gasteiger partial charge in [-0.2, -0.15) is 5.10 Å². The number of benzene rings is 1. The van der Waals surface area contributed by atoms with Crippen LogP contribution in [0.1, 0.15) is 25.1 Å². The first kappa shape index (κ1) is 16.1. The maximum atomic E-state index is 4.51. The van der Waals surface area contributed by atoms with E-state index in [4.69, 9.17) is 0 Å². The van der Waals surface area contributed by atoms with Gasteiger partial charge in [0.15, 0.2) is 0 Å². The van der Waals surface area contributed by atoms with Crippen molar-refractivity contribution in [2.75, 3.05) is 12.3 Å². The Labute approximate surface area is 132 Å². The van der Waals surface area contributed by atoms with E-state index >= 15 is 0 Å². The minimum atomic E-state index is 0.683. The smallest absolute Gasteiger partial charge is 0.0537 e. The summed E-state index contributed by atoms with van der Waals surface area (Å²) >= 11 is 1.88. The van der Waals surface area contributed by atoms with Crippen LogP contribution in [0.5, 0.6) is 0 Å². The molecule has 1 aromatic heterocycles. The van der Waals surface area contributed by atoms with Crippen LogP contribution in [-0.2, 0) is 13.1 Å². The van der Waals surface area contributed by atoms with Crippen LogP contribution in [0.15, 0.2) is 41.4 Å². The lowest BCUT2D eigenvalue weighted by atomic mass is 10.2. The van der Waals surface area contributed by atoms with Gasteiger partial charge in [-0.3, -0.25) is 4.68 Å². The largest absolute Gasteiger partial charge is 0.312 e. The van der Waals surface area contributed by atoms with E-state index in [9.17, 15) is 0 Å². The van der Waals surface area contributed by atoms with Crippen LogP contribution >= 0.6 is 11.8 Å². The number of rotatable bonds is 8. The lowest BCUT2D eigenvalue weighted by molar-refractivity contribution is 0.550. The highest BCUT2D eigenvalue weighted by Gasteiger charge is 2.06. The maximum Gasteiger partial charge on any atom is 0.0537 e. The van der Waals surface area contributed by atoms with E-state index in [0.29, 0.717) is 5.92 Å². The second-order valence-corrected chi connectivity index (χ2v) is 6.83. The normalized spacial score (nSPS) is 11.2. The molecule has 0 saturated heterocycles. The third-order valence-corrected chi connectivity index (χ3v) is 4.38. The number of nitrogens with zero attached hydrogens (tertiary/aromatic N) is 2. The molecular formula is C17H25N3S. The Morgan fingerprint density at radius 1 is 1.24 bits per heavy atom. The van der Waals surface area contributed by atoms with Gasteiger partial charge in [0.2, 0.25) is 0 Å². The third kappa shape index (κ3) is 5.21. The summed E-state index contributed by atoms with van der Waals surface area (Å²) in [4.78, 5) is 1.32. The molecule has 0 amide bonds. The van der Waals surface area contributed by atoms with E-state index in [1.165, 1.54) is 16.2 Å². The molecule has 0 atom stereocenters. The Bertz CT molecular complexity index is 534. The van der Waals surface area contributed by atoms with E-state index in [1.54, 1.807) is 0 Å². The standard InChI is InChI=1S/C17H25N3S/c1-14(2)11-18-12-16-13-19-20(15(16)3)9-10-21-17-7-5-4-6-8-17/h4-8,13-14,18H,9-12H2,1-3H3. The maximum absolute atomic E-state index is 4.51. The average Bonchev–Trinajstić information content (AvgIpc) is 2.81. The number of nitrogens with one attached hydrogen (secondary N) is 1. The summed E-state index contributed by atoms with van der Waals surface area (Å²) in [5, 5.41) is 7.99. The van der Waals surface area contributed by atoms with Gasteiger partial charge in [-0.1, -0.05) is 32.0 Å². The molecular weight excluding hydrogens is 278 g/mol. The first-order valence-electron chi connectivity index (χ1n) is 7.56. The Hall–Kier alpha value is -1.26. The van der Waals surface area contributed by atoms with E-state index in [0.717, 1.165) is 25.4 Å². The highest BCUT2D eigenvalue weighted by atomic mass is 32.2.